The number of benzene rings is 1. The molecule has 0 radical (unpaired) electrons. The van der Waals surface area contributed by atoms with E-state index in [1.165, 1.54) is 5.56 Å². The van der Waals surface area contributed by atoms with Crippen molar-refractivity contribution >= 4 is 5.91 Å². The van der Waals surface area contributed by atoms with Gasteiger partial charge in [0.15, 0.2) is 0 Å². The van der Waals surface area contributed by atoms with Gasteiger partial charge >= 0.3 is 0 Å². The van der Waals surface area contributed by atoms with Crippen molar-refractivity contribution in [1.29, 1.82) is 0 Å². The number of likely N-dealkylation sites (N-methyl/N-ethyl adjacent to an activating group) is 1. The van der Waals surface area contributed by atoms with E-state index >= 15 is 0 Å². The van der Waals surface area contributed by atoms with Gasteiger partial charge in [-0.25, -0.2) is 0 Å². The van der Waals surface area contributed by atoms with Crippen LogP contribution in [-0.2, 0) is 11.3 Å². The molecule has 21 heavy (non-hydrogen) atoms. The van der Waals surface area contributed by atoms with Crippen LogP contribution in [0.2, 0.25) is 0 Å². The molecular weight excluding hydrogens is 262 g/mol. The van der Waals surface area contributed by atoms with Gasteiger partial charge in [-0.1, -0.05) is 30.3 Å². The predicted molar refractivity (Wildman–Crippen MR) is 85.7 cm³/mol. The van der Waals surface area contributed by atoms with Gasteiger partial charge < -0.3 is 10.6 Å². The summed E-state index contributed by atoms with van der Waals surface area (Å²) in [4.78, 5) is 16.4. The summed E-state index contributed by atoms with van der Waals surface area (Å²) in [5.74, 6) is 0.635. The van der Waals surface area contributed by atoms with Crippen LogP contribution in [0.5, 0.6) is 0 Å². The minimum Gasteiger partial charge on any atom is -0.341 e. The molecule has 1 saturated heterocycles. The molecule has 2 rings (SSSR count). The first-order chi connectivity index (χ1) is 10.1. The lowest BCUT2D eigenvalue weighted by molar-refractivity contribution is -0.132. The Morgan fingerprint density at radius 2 is 2.14 bits per heavy atom. The lowest BCUT2D eigenvalue weighted by Crippen LogP contribution is -2.44. The van der Waals surface area contributed by atoms with Crippen LogP contribution in [0.3, 0.4) is 0 Å². The summed E-state index contributed by atoms with van der Waals surface area (Å²) in [5.41, 5.74) is 7.07. The molecule has 1 aromatic carbocycles. The standard InChI is InChI=1S/C17H27N3O/c1-3-20(17(21)14(2)18)13-16-9-10-19(12-16)11-15-7-5-4-6-8-15/h4-8,14,16H,3,9-13,18H2,1-2H3/t14-,16+/m0/s1. The lowest BCUT2D eigenvalue weighted by Gasteiger charge is -2.26. The monoisotopic (exact) mass is 289 g/mol. The van der Waals surface area contributed by atoms with Crippen molar-refractivity contribution in [3.63, 3.8) is 0 Å². The Morgan fingerprint density at radius 3 is 2.76 bits per heavy atom. The number of likely N-dealkylation sites (tertiary alicyclic amines) is 1. The fourth-order valence-corrected chi connectivity index (χ4v) is 3.02. The summed E-state index contributed by atoms with van der Waals surface area (Å²) in [7, 11) is 0. The topological polar surface area (TPSA) is 49.6 Å². The quantitative estimate of drug-likeness (QED) is 0.867. The van der Waals surface area contributed by atoms with Crippen molar-refractivity contribution in [2.75, 3.05) is 26.2 Å². The number of carbonyl (C=O) groups excluding carboxylic acids is 1. The summed E-state index contributed by atoms with van der Waals surface area (Å²) in [6.07, 6.45) is 1.16. The first-order valence-electron chi connectivity index (χ1n) is 7.90. The van der Waals surface area contributed by atoms with Gasteiger partial charge in [0.05, 0.1) is 6.04 Å². The van der Waals surface area contributed by atoms with Crippen molar-refractivity contribution in [3.05, 3.63) is 35.9 Å². The Kier molecular flexibility index (Phi) is 5.76. The Bertz CT molecular complexity index is 447. The van der Waals surface area contributed by atoms with Crippen molar-refractivity contribution in [1.82, 2.24) is 9.80 Å². The first-order valence-corrected chi connectivity index (χ1v) is 7.90. The van der Waals surface area contributed by atoms with Crippen LogP contribution >= 0.6 is 0 Å². The van der Waals surface area contributed by atoms with Gasteiger partial charge in [0.2, 0.25) is 5.91 Å². The Labute approximate surface area is 127 Å². The second-order valence-corrected chi connectivity index (χ2v) is 6.04. The number of rotatable bonds is 6. The van der Waals surface area contributed by atoms with Crippen LogP contribution in [0, 0.1) is 5.92 Å². The molecule has 4 nitrogen and oxygen atoms in total. The minimum absolute atomic E-state index is 0.0685. The van der Waals surface area contributed by atoms with Crippen molar-refractivity contribution in [2.24, 2.45) is 11.7 Å². The summed E-state index contributed by atoms with van der Waals surface area (Å²) in [6, 6.07) is 10.2. The number of carbonyl (C=O) groups is 1. The molecule has 0 aromatic heterocycles. The average molecular weight is 289 g/mol. The van der Waals surface area contributed by atoms with Crippen LogP contribution in [0.4, 0.5) is 0 Å². The van der Waals surface area contributed by atoms with Gasteiger partial charge in [0.1, 0.15) is 0 Å². The third-order valence-electron chi connectivity index (χ3n) is 4.18. The summed E-state index contributed by atoms with van der Waals surface area (Å²) >= 11 is 0. The highest BCUT2D eigenvalue weighted by atomic mass is 16.2. The molecule has 0 spiro atoms. The van der Waals surface area contributed by atoms with E-state index < -0.39 is 6.04 Å². The van der Waals surface area contributed by atoms with Crippen LogP contribution in [-0.4, -0.2) is 47.9 Å². The minimum atomic E-state index is -0.397. The van der Waals surface area contributed by atoms with E-state index in [1.54, 1.807) is 6.92 Å². The number of nitrogens with two attached hydrogens (primary N) is 1. The van der Waals surface area contributed by atoms with Crippen molar-refractivity contribution in [2.45, 2.75) is 32.9 Å². The zero-order chi connectivity index (χ0) is 15.2. The Balaban J connectivity index is 1.83. The SMILES string of the molecule is CCN(C[C@@H]1CCN(Cc2ccccc2)C1)C(=O)[C@H](C)N. The zero-order valence-corrected chi connectivity index (χ0v) is 13.2. The van der Waals surface area contributed by atoms with E-state index in [-0.39, 0.29) is 5.91 Å². The molecule has 2 atom stereocenters. The maximum absolute atomic E-state index is 12.0. The van der Waals surface area contributed by atoms with E-state index in [0.29, 0.717) is 5.92 Å². The van der Waals surface area contributed by atoms with Gasteiger partial charge in [-0.3, -0.25) is 9.69 Å². The largest absolute Gasteiger partial charge is 0.341 e. The third kappa shape index (κ3) is 4.55. The van der Waals surface area contributed by atoms with E-state index in [4.69, 9.17) is 5.73 Å². The molecule has 0 bridgehead atoms. The van der Waals surface area contributed by atoms with Crippen LogP contribution < -0.4 is 5.73 Å². The highest BCUT2D eigenvalue weighted by molar-refractivity contribution is 5.81. The molecule has 0 saturated carbocycles. The number of amides is 1. The summed E-state index contributed by atoms with van der Waals surface area (Å²) < 4.78 is 0. The molecule has 1 aromatic rings. The Hall–Kier alpha value is -1.39. The molecule has 2 N–H and O–H groups in total. The van der Waals surface area contributed by atoms with Crippen molar-refractivity contribution < 1.29 is 4.79 Å². The number of nitrogens with zero attached hydrogens (tertiary/aromatic N) is 2. The van der Waals surface area contributed by atoms with Crippen LogP contribution in [0.1, 0.15) is 25.8 Å². The highest BCUT2D eigenvalue weighted by Crippen LogP contribution is 2.20. The molecule has 1 heterocycles. The molecule has 1 aliphatic rings. The average Bonchev–Trinajstić information content (AvgIpc) is 2.92. The van der Waals surface area contributed by atoms with E-state index in [9.17, 15) is 4.79 Å². The maximum Gasteiger partial charge on any atom is 0.239 e. The second-order valence-electron chi connectivity index (χ2n) is 6.04. The second kappa shape index (κ2) is 7.57. The molecular formula is C17H27N3O. The zero-order valence-electron chi connectivity index (χ0n) is 13.2. The summed E-state index contributed by atoms with van der Waals surface area (Å²) in [5, 5.41) is 0. The van der Waals surface area contributed by atoms with E-state index in [0.717, 1.165) is 39.1 Å². The molecule has 0 aliphatic carbocycles. The van der Waals surface area contributed by atoms with E-state index in [2.05, 4.69) is 35.2 Å². The predicted octanol–water partition coefficient (Wildman–Crippen LogP) is 1.70. The molecule has 4 heteroatoms. The fourth-order valence-electron chi connectivity index (χ4n) is 3.02. The third-order valence-corrected chi connectivity index (χ3v) is 4.18. The molecule has 1 fully saturated rings. The Morgan fingerprint density at radius 1 is 1.43 bits per heavy atom. The molecule has 116 valence electrons. The number of hydrogen-bond donors (Lipinski definition) is 1. The molecule has 1 aliphatic heterocycles. The normalized spacial score (nSPS) is 20.4. The highest BCUT2D eigenvalue weighted by Gasteiger charge is 2.26. The smallest absolute Gasteiger partial charge is 0.239 e. The summed E-state index contributed by atoms with van der Waals surface area (Å²) in [6.45, 7) is 8.56. The maximum atomic E-state index is 12.0. The van der Waals surface area contributed by atoms with Crippen molar-refractivity contribution in [3.8, 4) is 0 Å². The van der Waals surface area contributed by atoms with Gasteiger partial charge in [0, 0.05) is 26.2 Å². The van der Waals surface area contributed by atoms with Crippen LogP contribution in [0.25, 0.3) is 0 Å². The van der Waals surface area contributed by atoms with Crippen LogP contribution in [0.15, 0.2) is 30.3 Å². The van der Waals surface area contributed by atoms with Gasteiger partial charge in [-0.05, 0) is 38.3 Å². The fraction of sp³-hybridized carbons (Fsp3) is 0.588. The van der Waals surface area contributed by atoms with Gasteiger partial charge in [-0.2, -0.15) is 0 Å². The lowest BCUT2D eigenvalue weighted by atomic mass is 10.1. The number of hydrogen-bond acceptors (Lipinski definition) is 3. The van der Waals surface area contributed by atoms with Gasteiger partial charge in [0.25, 0.3) is 0 Å². The molecule has 1 amide bonds. The van der Waals surface area contributed by atoms with Gasteiger partial charge in [-0.15, -0.1) is 0 Å². The molecule has 0 unspecified atom stereocenters. The first kappa shape index (κ1) is 16.0. The van der Waals surface area contributed by atoms with E-state index in [1.807, 2.05) is 11.8 Å².